The average Bonchev–Trinajstić information content (AvgIpc) is 3.54. The third kappa shape index (κ3) is 3.22. The Bertz CT molecular complexity index is 1400. The Hall–Kier alpha value is -3.89. The van der Waals surface area contributed by atoms with Crippen molar-refractivity contribution in [1.29, 1.82) is 0 Å². The van der Waals surface area contributed by atoms with Crippen molar-refractivity contribution in [2.45, 2.75) is 25.6 Å². The van der Waals surface area contributed by atoms with Crippen LogP contribution in [-0.4, -0.2) is 14.8 Å². The molecule has 1 fully saturated rings. The summed E-state index contributed by atoms with van der Waals surface area (Å²) < 4.78 is 44.4. The van der Waals surface area contributed by atoms with Gasteiger partial charge in [-0.05, 0) is 49.4 Å². The van der Waals surface area contributed by atoms with Gasteiger partial charge in [-0.2, -0.15) is 28.0 Å². The number of rotatable bonds is 3. The molecular formula is C24H18F3N5O2. The smallest absolute Gasteiger partial charge is 0.338 e. The average molecular weight is 465 g/mol. The number of fused-ring (bicyclic) bond motifs is 2. The summed E-state index contributed by atoms with van der Waals surface area (Å²) in [5.41, 5.74) is 2.09. The number of hydrogen-bond acceptors (Lipinski definition) is 6. The van der Waals surface area contributed by atoms with Gasteiger partial charge in [0.2, 0.25) is 0 Å². The van der Waals surface area contributed by atoms with Gasteiger partial charge in [-0.1, -0.05) is 18.2 Å². The van der Waals surface area contributed by atoms with E-state index in [1.54, 1.807) is 48.4 Å². The first-order valence-corrected chi connectivity index (χ1v) is 10.5. The number of para-hydroxylation sites is 2. The molecule has 172 valence electrons. The highest BCUT2D eigenvalue weighted by Crippen LogP contribution is 2.53. The van der Waals surface area contributed by atoms with E-state index < -0.39 is 17.7 Å². The Balaban J connectivity index is 1.52. The molecule has 2 aliphatic rings. The molecule has 4 aromatic rings. The summed E-state index contributed by atoms with van der Waals surface area (Å²) in [7, 11) is 0. The van der Waals surface area contributed by atoms with E-state index in [1.807, 2.05) is 18.2 Å². The Kier molecular flexibility index (Phi) is 4.45. The summed E-state index contributed by atoms with van der Waals surface area (Å²) in [6, 6.07) is 16.7. The quantitative estimate of drug-likeness (QED) is 0.321. The standard InChI is InChI=1S/C24H18F3N5O2/c1-15-10-12-29-32(15)17-8-9-18(19(13-17)23(25,26)27)24(33-34-24)31-14-16-5-4-11-28-22(16)30-20-6-2-3-7-21(20)31/h2-13H,14H2,1H3,(H,28,30). The molecule has 0 aliphatic carbocycles. The van der Waals surface area contributed by atoms with E-state index in [0.29, 0.717) is 28.6 Å². The fraction of sp³-hybridized carbons (Fsp3) is 0.167. The number of aryl methyl sites for hydroxylation is 1. The maximum Gasteiger partial charge on any atom is 0.417 e. The second-order valence-corrected chi connectivity index (χ2v) is 8.10. The van der Waals surface area contributed by atoms with Crippen molar-refractivity contribution in [3.05, 3.63) is 95.4 Å². The van der Waals surface area contributed by atoms with Crippen molar-refractivity contribution in [2.24, 2.45) is 0 Å². The molecule has 10 heteroatoms. The van der Waals surface area contributed by atoms with Crippen LogP contribution < -0.4 is 10.2 Å². The van der Waals surface area contributed by atoms with Crippen molar-refractivity contribution in [1.82, 2.24) is 14.8 Å². The summed E-state index contributed by atoms with van der Waals surface area (Å²) in [6.07, 6.45) is -1.46. The number of anilines is 3. The number of hydrogen-bond donors (Lipinski definition) is 1. The molecule has 0 unspecified atom stereocenters. The van der Waals surface area contributed by atoms with Crippen molar-refractivity contribution >= 4 is 17.2 Å². The largest absolute Gasteiger partial charge is 0.417 e. The highest BCUT2D eigenvalue weighted by molar-refractivity contribution is 5.78. The second kappa shape index (κ2) is 7.31. The predicted molar refractivity (Wildman–Crippen MR) is 117 cm³/mol. The Morgan fingerprint density at radius 3 is 2.56 bits per heavy atom. The van der Waals surface area contributed by atoms with Crippen LogP contribution in [0.3, 0.4) is 0 Å². The van der Waals surface area contributed by atoms with Crippen LogP contribution in [0.4, 0.5) is 30.4 Å². The molecule has 7 nitrogen and oxygen atoms in total. The highest BCUT2D eigenvalue weighted by Gasteiger charge is 2.60. The number of alkyl halides is 3. The highest BCUT2D eigenvalue weighted by atomic mass is 19.4. The zero-order chi connectivity index (χ0) is 23.5. The maximum atomic E-state index is 14.3. The third-order valence-corrected chi connectivity index (χ3v) is 5.99. The molecule has 2 aromatic carbocycles. The molecule has 0 amide bonds. The molecular weight excluding hydrogens is 447 g/mol. The van der Waals surface area contributed by atoms with Gasteiger partial charge in [-0.3, -0.25) is 0 Å². The zero-order valence-corrected chi connectivity index (χ0v) is 17.9. The van der Waals surface area contributed by atoms with Gasteiger partial charge in [0.05, 0.1) is 34.7 Å². The van der Waals surface area contributed by atoms with Gasteiger partial charge in [-0.25, -0.2) is 9.67 Å². The van der Waals surface area contributed by atoms with E-state index in [-0.39, 0.29) is 12.1 Å². The normalized spacial score (nSPS) is 16.3. The fourth-order valence-electron chi connectivity index (χ4n) is 4.32. The first-order valence-electron chi connectivity index (χ1n) is 10.5. The molecule has 0 radical (unpaired) electrons. The number of benzene rings is 2. The van der Waals surface area contributed by atoms with E-state index in [4.69, 9.17) is 9.78 Å². The van der Waals surface area contributed by atoms with Crippen LogP contribution in [-0.2, 0) is 28.4 Å². The number of aromatic nitrogens is 3. The first-order chi connectivity index (χ1) is 16.4. The van der Waals surface area contributed by atoms with Gasteiger partial charge in [0.15, 0.2) is 0 Å². The second-order valence-electron chi connectivity index (χ2n) is 8.10. The van der Waals surface area contributed by atoms with Crippen LogP contribution in [0, 0.1) is 6.92 Å². The molecule has 0 saturated carbocycles. The van der Waals surface area contributed by atoms with Crippen LogP contribution in [0.15, 0.2) is 73.1 Å². The molecule has 0 spiro atoms. The van der Waals surface area contributed by atoms with Crippen LogP contribution in [0.2, 0.25) is 0 Å². The molecule has 0 bridgehead atoms. The monoisotopic (exact) mass is 465 g/mol. The predicted octanol–water partition coefficient (Wildman–Crippen LogP) is 5.43. The van der Waals surface area contributed by atoms with Crippen LogP contribution >= 0.6 is 0 Å². The Morgan fingerprint density at radius 2 is 1.82 bits per heavy atom. The Morgan fingerprint density at radius 1 is 1.00 bits per heavy atom. The lowest BCUT2D eigenvalue weighted by Crippen LogP contribution is -2.37. The summed E-state index contributed by atoms with van der Waals surface area (Å²) in [6.45, 7) is 1.99. The van der Waals surface area contributed by atoms with Crippen molar-refractivity contribution in [3.63, 3.8) is 0 Å². The molecule has 4 heterocycles. The van der Waals surface area contributed by atoms with Gasteiger partial charge in [0.25, 0.3) is 0 Å². The van der Waals surface area contributed by atoms with Crippen molar-refractivity contribution in [2.75, 3.05) is 10.2 Å². The summed E-state index contributed by atoms with van der Waals surface area (Å²) in [5.74, 6) is -1.13. The number of nitrogens with zero attached hydrogens (tertiary/aromatic N) is 4. The van der Waals surface area contributed by atoms with E-state index in [1.165, 1.54) is 16.9 Å². The van der Waals surface area contributed by atoms with E-state index in [0.717, 1.165) is 11.6 Å². The lowest BCUT2D eigenvalue weighted by atomic mass is 10.0. The lowest BCUT2D eigenvalue weighted by molar-refractivity contribution is -0.139. The molecule has 6 rings (SSSR count). The summed E-state index contributed by atoms with van der Waals surface area (Å²) in [5, 5.41) is 7.40. The van der Waals surface area contributed by atoms with Crippen LogP contribution in [0.1, 0.15) is 22.4 Å². The van der Waals surface area contributed by atoms with Crippen LogP contribution in [0.25, 0.3) is 5.69 Å². The van der Waals surface area contributed by atoms with E-state index in [9.17, 15) is 13.2 Å². The fourth-order valence-corrected chi connectivity index (χ4v) is 4.32. The maximum absolute atomic E-state index is 14.3. The summed E-state index contributed by atoms with van der Waals surface area (Å²) >= 11 is 0. The third-order valence-electron chi connectivity index (χ3n) is 5.99. The van der Waals surface area contributed by atoms with Gasteiger partial charge in [-0.15, -0.1) is 0 Å². The minimum atomic E-state index is -4.65. The molecule has 34 heavy (non-hydrogen) atoms. The topological polar surface area (TPSA) is 71.0 Å². The van der Waals surface area contributed by atoms with E-state index in [2.05, 4.69) is 15.4 Å². The molecule has 1 N–H and O–H groups in total. The van der Waals surface area contributed by atoms with Gasteiger partial charge in [0, 0.05) is 23.7 Å². The lowest BCUT2D eigenvalue weighted by Gasteiger charge is -2.29. The minimum Gasteiger partial charge on any atom is -0.338 e. The van der Waals surface area contributed by atoms with E-state index >= 15 is 0 Å². The number of nitrogens with one attached hydrogen (secondary N) is 1. The molecule has 2 aliphatic heterocycles. The van der Waals surface area contributed by atoms with Gasteiger partial charge >= 0.3 is 12.1 Å². The SMILES string of the molecule is Cc1ccnn1-c1ccc(C2(N3Cc4cccnc4Nc4ccccc43)OO2)c(C(F)(F)F)c1. The van der Waals surface area contributed by atoms with Gasteiger partial charge in [0.1, 0.15) is 5.82 Å². The molecule has 0 atom stereocenters. The number of halogens is 3. The van der Waals surface area contributed by atoms with Gasteiger partial charge < -0.3 is 10.2 Å². The van der Waals surface area contributed by atoms with Crippen molar-refractivity contribution < 1.29 is 22.9 Å². The summed E-state index contributed by atoms with van der Waals surface area (Å²) in [4.78, 5) is 16.8. The Labute approximate surface area is 192 Å². The van der Waals surface area contributed by atoms with Crippen molar-refractivity contribution in [3.8, 4) is 5.69 Å². The molecule has 1 saturated heterocycles. The zero-order valence-electron chi connectivity index (χ0n) is 17.9. The minimum absolute atomic E-state index is 0.143. The first kappa shape index (κ1) is 20.7. The number of pyridine rings is 1. The molecule has 2 aromatic heterocycles. The van der Waals surface area contributed by atoms with Crippen LogP contribution in [0.5, 0.6) is 0 Å².